The van der Waals surface area contributed by atoms with Gasteiger partial charge < -0.3 is 10.2 Å². The number of aryl methyl sites for hydroxylation is 1. The summed E-state index contributed by atoms with van der Waals surface area (Å²) in [6.07, 6.45) is 10.0. The molecule has 0 unspecified atom stereocenters. The van der Waals surface area contributed by atoms with E-state index in [-0.39, 0.29) is 12.0 Å². The van der Waals surface area contributed by atoms with E-state index in [1.807, 2.05) is 36.2 Å². The van der Waals surface area contributed by atoms with Gasteiger partial charge in [-0.2, -0.15) is 0 Å². The molecule has 0 radical (unpaired) electrons. The zero-order chi connectivity index (χ0) is 17.9. The number of carbonyl (C=O) groups is 1. The second kappa shape index (κ2) is 7.40. The van der Waals surface area contributed by atoms with Crippen LogP contribution in [0.25, 0.3) is 0 Å². The summed E-state index contributed by atoms with van der Waals surface area (Å²) < 4.78 is 0. The van der Waals surface area contributed by atoms with Crippen molar-refractivity contribution in [2.24, 2.45) is 5.92 Å². The van der Waals surface area contributed by atoms with Gasteiger partial charge in [0, 0.05) is 24.9 Å². The average molecular weight is 351 g/mol. The zero-order valence-corrected chi connectivity index (χ0v) is 15.2. The molecule has 26 heavy (non-hydrogen) atoms. The molecule has 6 nitrogen and oxygen atoms in total. The molecule has 0 bridgehead atoms. The van der Waals surface area contributed by atoms with Crippen LogP contribution in [0.1, 0.15) is 55.8 Å². The van der Waals surface area contributed by atoms with Gasteiger partial charge in [0.25, 0.3) is 0 Å². The van der Waals surface area contributed by atoms with E-state index in [1.54, 1.807) is 6.20 Å². The van der Waals surface area contributed by atoms with E-state index in [1.165, 1.54) is 12.8 Å². The maximum Gasteiger partial charge on any atom is 0.228 e. The van der Waals surface area contributed by atoms with E-state index < -0.39 is 0 Å². The van der Waals surface area contributed by atoms with Crippen LogP contribution < -0.4 is 5.32 Å². The second-order valence-electron chi connectivity index (χ2n) is 7.32. The van der Waals surface area contributed by atoms with Gasteiger partial charge in [-0.15, -0.1) is 0 Å². The Hall–Kier alpha value is -2.50. The van der Waals surface area contributed by atoms with Gasteiger partial charge in [0.2, 0.25) is 11.9 Å². The van der Waals surface area contributed by atoms with Crippen molar-refractivity contribution in [1.82, 2.24) is 19.9 Å². The minimum atomic E-state index is 0.0672. The molecule has 1 amide bonds. The third-order valence-corrected chi connectivity index (χ3v) is 5.41. The molecule has 1 N–H and O–H groups in total. The highest BCUT2D eigenvalue weighted by Gasteiger charge is 2.35. The second-order valence-corrected chi connectivity index (χ2v) is 7.32. The van der Waals surface area contributed by atoms with Gasteiger partial charge in [0.05, 0.1) is 11.7 Å². The number of amides is 1. The van der Waals surface area contributed by atoms with Gasteiger partial charge in [-0.25, -0.2) is 15.0 Å². The molecule has 1 aliphatic heterocycles. The molecule has 4 rings (SSSR count). The minimum absolute atomic E-state index is 0.0672. The molecule has 2 fully saturated rings. The van der Waals surface area contributed by atoms with E-state index >= 15 is 0 Å². The molecule has 2 aliphatic rings. The van der Waals surface area contributed by atoms with Crippen molar-refractivity contribution in [2.45, 2.75) is 51.5 Å². The van der Waals surface area contributed by atoms with Crippen LogP contribution in [0.3, 0.4) is 0 Å². The van der Waals surface area contributed by atoms with Gasteiger partial charge in [-0.3, -0.25) is 4.79 Å². The summed E-state index contributed by atoms with van der Waals surface area (Å²) in [5.41, 5.74) is 2.02. The maximum atomic E-state index is 12.9. The first-order valence-electron chi connectivity index (χ1n) is 9.54. The van der Waals surface area contributed by atoms with Crippen LogP contribution in [0.5, 0.6) is 0 Å². The number of aromatic nitrogens is 3. The number of nitrogens with zero attached hydrogens (tertiary/aromatic N) is 4. The van der Waals surface area contributed by atoms with Crippen LogP contribution in [0, 0.1) is 12.8 Å². The van der Waals surface area contributed by atoms with Crippen LogP contribution in [0.15, 0.2) is 30.6 Å². The molecule has 1 atom stereocenters. The zero-order valence-electron chi connectivity index (χ0n) is 15.2. The Labute approximate surface area is 154 Å². The number of hydrogen-bond acceptors (Lipinski definition) is 5. The van der Waals surface area contributed by atoms with Crippen LogP contribution in [0.2, 0.25) is 0 Å². The Balaban J connectivity index is 1.51. The predicted molar refractivity (Wildman–Crippen MR) is 99.9 cm³/mol. The number of rotatable bonds is 4. The Morgan fingerprint density at radius 3 is 2.73 bits per heavy atom. The van der Waals surface area contributed by atoms with Gasteiger partial charge in [-0.05, 0) is 50.3 Å². The highest BCUT2D eigenvalue weighted by Crippen LogP contribution is 2.35. The van der Waals surface area contributed by atoms with Crippen LogP contribution >= 0.6 is 0 Å². The lowest BCUT2D eigenvalue weighted by atomic mass is 10.0. The molecule has 1 saturated heterocycles. The van der Waals surface area contributed by atoms with Crippen molar-refractivity contribution in [1.29, 1.82) is 0 Å². The summed E-state index contributed by atoms with van der Waals surface area (Å²) in [6.45, 7) is 2.84. The third kappa shape index (κ3) is 3.54. The van der Waals surface area contributed by atoms with Crippen molar-refractivity contribution in [3.63, 3.8) is 0 Å². The van der Waals surface area contributed by atoms with Crippen LogP contribution in [-0.2, 0) is 4.79 Å². The number of pyridine rings is 1. The van der Waals surface area contributed by atoms with E-state index in [9.17, 15) is 4.79 Å². The van der Waals surface area contributed by atoms with Gasteiger partial charge in [0.1, 0.15) is 5.82 Å². The van der Waals surface area contributed by atoms with Crippen molar-refractivity contribution in [3.05, 3.63) is 41.9 Å². The van der Waals surface area contributed by atoms with Crippen LogP contribution in [0.4, 0.5) is 11.8 Å². The molecular weight excluding hydrogens is 326 g/mol. The molecule has 6 heteroatoms. The highest BCUT2D eigenvalue weighted by molar-refractivity contribution is 5.79. The summed E-state index contributed by atoms with van der Waals surface area (Å²) in [4.78, 5) is 28.3. The molecule has 2 aromatic rings. The number of carbonyl (C=O) groups excluding carboxylic acids is 1. The molecule has 0 spiro atoms. The van der Waals surface area contributed by atoms with Crippen molar-refractivity contribution >= 4 is 17.7 Å². The first-order chi connectivity index (χ1) is 12.7. The first-order valence-corrected chi connectivity index (χ1v) is 9.54. The van der Waals surface area contributed by atoms with Gasteiger partial charge in [-0.1, -0.05) is 18.9 Å². The summed E-state index contributed by atoms with van der Waals surface area (Å²) in [5, 5.41) is 3.16. The van der Waals surface area contributed by atoms with Crippen molar-refractivity contribution < 1.29 is 4.79 Å². The van der Waals surface area contributed by atoms with Crippen molar-refractivity contribution in [3.8, 4) is 0 Å². The lowest BCUT2D eigenvalue weighted by Crippen LogP contribution is -2.35. The van der Waals surface area contributed by atoms with E-state index in [0.29, 0.717) is 11.9 Å². The Kier molecular flexibility index (Phi) is 4.82. The minimum Gasteiger partial charge on any atom is -0.334 e. The normalized spacial score (nSPS) is 20.5. The largest absolute Gasteiger partial charge is 0.334 e. The monoisotopic (exact) mass is 351 g/mol. The Morgan fingerprint density at radius 1 is 1.12 bits per heavy atom. The van der Waals surface area contributed by atoms with Gasteiger partial charge >= 0.3 is 0 Å². The fourth-order valence-electron chi connectivity index (χ4n) is 4.02. The highest BCUT2D eigenvalue weighted by atomic mass is 16.2. The Bertz CT molecular complexity index is 770. The van der Waals surface area contributed by atoms with E-state index in [2.05, 4.69) is 20.3 Å². The maximum absolute atomic E-state index is 12.9. The number of likely N-dealkylation sites (tertiary alicyclic amines) is 1. The third-order valence-electron chi connectivity index (χ3n) is 5.41. The molecule has 1 aliphatic carbocycles. The number of nitrogens with one attached hydrogen (secondary N) is 1. The van der Waals surface area contributed by atoms with E-state index in [0.717, 1.165) is 49.3 Å². The first kappa shape index (κ1) is 16.9. The lowest BCUT2D eigenvalue weighted by molar-refractivity contribution is -0.136. The molecule has 1 saturated carbocycles. The SMILES string of the molecule is Cc1ccc(Nc2nccc([C@H]3CCCN3C(=O)C3CCCC3)n2)nc1. The molecule has 3 heterocycles. The smallest absolute Gasteiger partial charge is 0.228 e. The van der Waals surface area contributed by atoms with Gasteiger partial charge in [0.15, 0.2) is 0 Å². The van der Waals surface area contributed by atoms with Crippen LogP contribution in [-0.4, -0.2) is 32.3 Å². The fourth-order valence-corrected chi connectivity index (χ4v) is 4.02. The topological polar surface area (TPSA) is 71.0 Å². The summed E-state index contributed by atoms with van der Waals surface area (Å²) >= 11 is 0. The van der Waals surface area contributed by atoms with E-state index in [4.69, 9.17) is 0 Å². The summed E-state index contributed by atoms with van der Waals surface area (Å²) in [6, 6.07) is 5.91. The molecule has 0 aromatic carbocycles. The quantitative estimate of drug-likeness (QED) is 0.908. The molecule has 136 valence electrons. The predicted octanol–water partition coefficient (Wildman–Crippen LogP) is 3.78. The Morgan fingerprint density at radius 2 is 1.96 bits per heavy atom. The molecule has 2 aromatic heterocycles. The fraction of sp³-hybridized carbons (Fsp3) is 0.500. The van der Waals surface area contributed by atoms with Crippen molar-refractivity contribution in [2.75, 3.05) is 11.9 Å². The standard InChI is InChI=1S/C20H25N5O/c1-14-8-9-18(22-13-14)24-20-21-11-10-16(23-20)17-7-4-12-25(17)19(26)15-5-2-3-6-15/h8-11,13,15,17H,2-7,12H2,1H3,(H,21,22,23,24)/t17-/m1/s1. The number of anilines is 2. The summed E-state index contributed by atoms with van der Waals surface area (Å²) in [5.74, 6) is 1.78. The number of hydrogen-bond donors (Lipinski definition) is 1. The average Bonchev–Trinajstić information content (AvgIpc) is 3.35. The summed E-state index contributed by atoms with van der Waals surface area (Å²) in [7, 11) is 0. The molecular formula is C20H25N5O. The lowest BCUT2D eigenvalue weighted by Gasteiger charge is -2.27.